The van der Waals surface area contributed by atoms with Gasteiger partial charge in [0.1, 0.15) is 28.9 Å². The molecule has 3 aliphatic carbocycles. The molecule has 1 aliphatic heterocycles. The second-order valence-electron chi connectivity index (χ2n) is 13.9. The summed E-state index contributed by atoms with van der Waals surface area (Å²) in [5.74, 6) is -8.95. The van der Waals surface area contributed by atoms with E-state index in [2.05, 4.69) is 5.32 Å². The van der Waals surface area contributed by atoms with E-state index in [0.717, 1.165) is 25.9 Å². The number of ether oxygens (including phenoxy) is 1. The standard InChI is InChI=1S/C33H44N4O9/c1-7-17(38)46-28-19-20(26(40)18-15(23(19)34)10-11-16(25(18)39)32(2,3)4)29(42)33(45)22(28)24(36(5)6)27(41)21(30(33)43)31(44)35-14-37-12-8-9-13-37/h10-11,19,22-24,28,39-40,43,45H,7-9,12-14,34H2,1-6H3,(H,35,44)/t19-,22+,23-,24-,28-,33-/m0/s1. The van der Waals surface area contributed by atoms with Crippen molar-refractivity contribution in [3.05, 3.63) is 45.7 Å². The highest BCUT2D eigenvalue weighted by Gasteiger charge is 2.69. The predicted octanol–water partition coefficient (Wildman–Crippen LogP) is 1.33. The van der Waals surface area contributed by atoms with Crippen molar-refractivity contribution in [2.45, 2.75) is 76.2 Å². The predicted molar refractivity (Wildman–Crippen MR) is 166 cm³/mol. The minimum atomic E-state index is -2.99. The number of fused-ring (bicyclic) bond motifs is 3. The zero-order valence-corrected chi connectivity index (χ0v) is 27.1. The molecule has 0 bridgehead atoms. The van der Waals surface area contributed by atoms with E-state index in [1.54, 1.807) is 12.1 Å². The summed E-state index contributed by atoms with van der Waals surface area (Å²) >= 11 is 0. The van der Waals surface area contributed by atoms with Crippen LogP contribution in [-0.2, 0) is 29.3 Å². The van der Waals surface area contributed by atoms with Crippen LogP contribution >= 0.6 is 0 Å². The highest BCUT2D eigenvalue weighted by molar-refractivity contribution is 6.25. The van der Waals surface area contributed by atoms with Crippen molar-refractivity contribution in [1.82, 2.24) is 15.1 Å². The van der Waals surface area contributed by atoms with Gasteiger partial charge in [0.05, 0.1) is 24.2 Å². The minimum Gasteiger partial charge on any atom is -0.508 e. The molecule has 6 atom stereocenters. The summed E-state index contributed by atoms with van der Waals surface area (Å²) in [6.45, 7) is 8.63. The van der Waals surface area contributed by atoms with Crippen LogP contribution in [0, 0.1) is 11.8 Å². The number of Topliss-reactive ketones (excluding diaryl/α,β-unsaturated/α-hetero) is 2. The molecule has 1 saturated heterocycles. The average molecular weight is 641 g/mol. The van der Waals surface area contributed by atoms with Gasteiger partial charge in [-0.05, 0) is 51.0 Å². The fourth-order valence-corrected chi connectivity index (χ4v) is 7.51. The molecule has 0 spiro atoms. The Morgan fingerprint density at radius 2 is 1.76 bits per heavy atom. The van der Waals surface area contributed by atoms with Crippen LogP contribution in [0.25, 0.3) is 5.76 Å². The summed E-state index contributed by atoms with van der Waals surface area (Å²) in [5, 5.41) is 49.8. The number of rotatable bonds is 6. The molecule has 2 fully saturated rings. The number of phenolic OH excluding ortho intramolecular Hbond substituents is 1. The van der Waals surface area contributed by atoms with Gasteiger partial charge in [-0.15, -0.1) is 0 Å². The molecule has 5 rings (SSSR count). The van der Waals surface area contributed by atoms with Gasteiger partial charge in [-0.25, -0.2) is 0 Å². The van der Waals surface area contributed by atoms with Crippen LogP contribution in [0.3, 0.4) is 0 Å². The molecule has 1 heterocycles. The lowest BCUT2D eigenvalue weighted by Crippen LogP contribution is -2.71. The Labute approximate surface area is 267 Å². The maximum Gasteiger partial charge on any atom is 0.305 e. The summed E-state index contributed by atoms with van der Waals surface area (Å²) < 4.78 is 5.86. The molecule has 13 heteroatoms. The monoisotopic (exact) mass is 640 g/mol. The molecule has 0 aromatic heterocycles. The van der Waals surface area contributed by atoms with Crippen molar-refractivity contribution in [3.63, 3.8) is 0 Å². The number of carbonyl (C=O) groups excluding carboxylic acids is 4. The summed E-state index contributed by atoms with van der Waals surface area (Å²) in [5.41, 5.74) is 2.51. The topological polar surface area (TPSA) is 203 Å². The first kappa shape index (κ1) is 33.6. The number of aliphatic hydroxyl groups excluding tert-OH is 2. The van der Waals surface area contributed by atoms with Crippen molar-refractivity contribution in [2.75, 3.05) is 33.9 Å². The third-order valence-electron chi connectivity index (χ3n) is 9.83. The number of nitrogens with zero attached hydrogens (tertiary/aromatic N) is 2. The third-order valence-corrected chi connectivity index (χ3v) is 9.83. The van der Waals surface area contributed by atoms with Crippen LogP contribution in [0.15, 0.2) is 29.0 Å². The molecule has 0 radical (unpaired) electrons. The maximum absolute atomic E-state index is 14.6. The van der Waals surface area contributed by atoms with E-state index in [0.29, 0.717) is 5.56 Å². The Kier molecular flexibility index (Phi) is 8.60. The summed E-state index contributed by atoms with van der Waals surface area (Å²) in [4.78, 5) is 58.4. The number of phenols is 1. The maximum atomic E-state index is 14.6. The van der Waals surface area contributed by atoms with E-state index in [-0.39, 0.29) is 30.0 Å². The van der Waals surface area contributed by atoms with Gasteiger partial charge in [0.2, 0.25) is 5.78 Å². The molecular weight excluding hydrogens is 596 g/mol. The molecule has 0 unspecified atom stereocenters. The van der Waals surface area contributed by atoms with E-state index in [4.69, 9.17) is 10.5 Å². The number of benzene rings is 1. The Bertz CT molecular complexity index is 1550. The molecule has 7 N–H and O–H groups in total. The van der Waals surface area contributed by atoms with Crippen molar-refractivity contribution < 1.29 is 44.3 Å². The lowest BCUT2D eigenvalue weighted by molar-refractivity contribution is -0.185. The second-order valence-corrected chi connectivity index (χ2v) is 13.9. The Morgan fingerprint density at radius 3 is 2.33 bits per heavy atom. The molecule has 250 valence electrons. The number of ketones is 2. The summed E-state index contributed by atoms with van der Waals surface area (Å²) in [7, 11) is 3.00. The molecule has 1 aromatic rings. The van der Waals surface area contributed by atoms with Gasteiger partial charge < -0.3 is 36.2 Å². The van der Waals surface area contributed by atoms with Crippen LogP contribution < -0.4 is 11.1 Å². The normalized spacial score (nSPS) is 29.9. The fraction of sp³-hybridized carbons (Fsp3) is 0.576. The first-order valence-corrected chi connectivity index (χ1v) is 15.6. The molecule has 1 saturated carbocycles. The molecule has 13 nitrogen and oxygen atoms in total. The van der Waals surface area contributed by atoms with Crippen LogP contribution in [-0.4, -0.2) is 105 Å². The van der Waals surface area contributed by atoms with Crippen LogP contribution in [0.4, 0.5) is 0 Å². The summed E-state index contributed by atoms with van der Waals surface area (Å²) in [6, 6.07) is 0.695. The van der Waals surface area contributed by atoms with Gasteiger partial charge in [0, 0.05) is 29.5 Å². The number of amides is 1. The Hall–Kier alpha value is -3.78. The van der Waals surface area contributed by atoms with Crippen molar-refractivity contribution in [1.29, 1.82) is 0 Å². The molecule has 1 aromatic carbocycles. The average Bonchev–Trinajstić information content (AvgIpc) is 3.50. The number of carbonyl (C=O) groups is 4. The highest BCUT2D eigenvalue weighted by Crippen LogP contribution is 2.56. The Balaban J connectivity index is 1.76. The van der Waals surface area contributed by atoms with Gasteiger partial charge in [0.25, 0.3) is 5.91 Å². The molecule has 46 heavy (non-hydrogen) atoms. The van der Waals surface area contributed by atoms with Gasteiger partial charge in [0.15, 0.2) is 11.4 Å². The molecular formula is C33H44N4O9. The highest BCUT2D eigenvalue weighted by atomic mass is 16.5. The number of nitrogens with two attached hydrogens (primary N) is 1. The third kappa shape index (κ3) is 5.00. The number of hydrogen-bond donors (Lipinski definition) is 6. The lowest BCUT2D eigenvalue weighted by atomic mass is 9.55. The largest absolute Gasteiger partial charge is 0.508 e. The van der Waals surface area contributed by atoms with E-state index >= 15 is 0 Å². The van der Waals surface area contributed by atoms with Crippen molar-refractivity contribution in [2.24, 2.45) is 17.6 Å². The molecule has 4 aliphatic rings. The van der Waals surface area contributed by atoms with E-state index < -0.39 is 87.1 Å². The van der Waals surface area contributed by atoms with Gasteiger partial charge >= 0.3 is 5.97 Å². The van der Waals surface area contributed by atoms with E-state index in [9.17, 15) is 39.6 Å². The van der Waals surface area contributed by atoms with E-state index in [1.807, 2.05) is 25.7 Å². The zero-order valence-electron chi connectivity index (χ0n) is 27.1. The number of likely N-dealkylation sites (N-methyl/N-ethyl adjacent to an activating group) is 1. The number of aromatic hydroxyl groups is 1. The quantitative estimate of drug-likeness (QED) is 0.193. The number of esters is 1. The van der Waals surface area contributed by atoms with Gasteiger partial charge in [-0.1, -0.05) is 39.8 Å². The van der Waals surface area contributed by atoms with Crippen LogP contribution in [0.1, 0.15) is 69.7 Å². The number of aliphatic hydroxyl groups is 3. The van der Waals surface area contributed by atoms with Crippen molar-refractivity contribution in [3.8, 4) is 5.75 Å². The number of hydrogen-bond acceptors (Lipinski definition) is 12. The van der Waals surface area contributed by atoms with Crippen LogP contribution in [0.5, 0.6) is 5.75 Å². The number of likely N-dealkylation sites (tertiary alicyclic amines) is 1. The van der Waals surface area contributed by atoms with Gasteiger partial charge in [-0.2, -0.15) is 0 Å². The smallest absolute Gasteiger partial charge is 0.305 e. The van der Waals surface area contributed by atoms with Crippen molar-refractivity contribution >= 4 is 29.2 Å². The number of nitrogens with one attached hydrogen (secondary N) is 1. The minimum absolute atomic E-state index is 0.0805. The second kappa shape index (κ2) is 11.8. The first-order chi connectivity index (χ1) is 21.5. The first-order valence-electron chi connectivity index (χ1n) is 15.6. The lowest BCUT2D eigenvalue weighted by Gasteiger charge is -2.54. The molecule has 1 amide bonds. The van der Waals surface area contributed by atoms with E-state index in [1.165, 1.54) is 25.9 Å². The zero-order chi connectivity index (χ0) is 34.0. The summed E-state index contributed by atoms with van der Waals surface area (Å²) in [6.07, 6.45) is 0.253. The SMILES string of the molecule is CCC(=O)O[C@H]1[C@H]2C(=C(O)c3c(ccc(C(C)(C)C)c3O)[C@@H]2N)C(=O)[C@]2(O)C(O)=C(C(=O)NCN3CCCC3)C(=O)[C@@H](N(C)C)[C@H]12. The van der Waals surface area contributed by atoms with Crippen LogP contribution in [0.2, 0.25) is 0 Å². The Morgan fingerprint density at radius 1 is 1.13 bits per heavy atom. The van der Waals surface area contributed by atoms with Gasteiger partial charge in [-0.3, -0.25) is 29.0 Å². The fourth-order valence-electron chi connectivity index (χ4n) is 7.51.